The molecule has 1 aromatic carbocycles. The first kappa shape index (κ1) is 23.4. The fourth-order valence-corrected chi connectivity index (χ4v) is 4.45. The number of alkyl halides is 3. The summed E-state index contributed by atoms with van der Waals surface area (Å²) in [6.45, 7) is 0.586. The number of likely N-dealkylation sites (tertiary alicyclic amines) is 1. The lowest BCUT2D eigenvalue weighted by Gasteiger charge is -2.31. The molecule has 1 atom stereocenters. The Morgan fingerprint density at radius 3 is 2.78 bits per heavy atom. The van der Waals surface area contributed by atoms with Gasteiger partial charge in [0, 0.05) is 59.8 Å². The lowest BCUT2D eigenvalue weighted by atomic mass is 10.0. The number of aromatic amines is 2. The highest BCUT2D eigenvalue weighted by Gasteiger charge is 2.36. The average Bonchev–Trinajstić information content (AvgIpc) is 3.27. The lowest BCUT2D eigenvalue weighted by molar-refractivity contribution is -0.137. The van der Waals surface area contributed by atoms with E-state index in [1.54, 1.807) is 30.3 Å². The highest BCUT2D eigenvalue weighted by atomic mass is 19.4. The minimum atomic E-state index is -4.69. The SMILES string of the molecule is O=C(O)N1CCC[C@H](Nc2ncc(C(F)(F)F)c(-c3c[nH]c4cc(-c5ccc[nH]c5=O)ccc34)n2)C1. The number of H-pyrrole nitrogens is 2. The number of amides is 1. The molecule has 5 rings (SSSR count). The third kappa shape index (κ3) is 4.49. The van der Waals surface area contributed by atoms with E-state index in [9.17, 15) is 27.9 Å². The van der Waals surface area contributed by atoms with Gasteiger partial charge in [0.25, 0.3) is 5.56 Å². The quantitative estimate of drug-likeness (QED) is 0.327. The summed E-state index contributed by atoms with van der Waals surface area (Å²) in [6.07, 6.45) is -0.796. The number of pyridine rings is 1. The van der Waals surface area contributed by atoms with E-state index < -0.39 is 17.8 Å². The van der Waals surface area contributed by atoms with Gasteiger partial charge < -0.3 is 25.3 Å². The van der Waals surface area contributed by atoms with Crippen molar-refractivity contribution in [3.63, 3.8) is 0 Å². The maximum absolute atomic E-state index is 13.9. The number of carbonyl (C=O) groups is 1. The van der Waals surface area contributed by atoms with Crippen molar-refractivity contribution in [3.05, 3.63) is 64.8 Å². The van der Waals surface area contributed by atoms with Crippen LogP contribution in [0.4, 0.5) is 23.9 Å². The molecule has 12 heteroatoms. The Hall–Kier alpha value is -4.35. The number of carboxylic acid groups (broad SMARTS) is 1. The van der Waals surface area contributed by atoms with E-state index >= 15 is 0 Å². The van der Waals surface area contributed by atoms with Gasteiger partial charge in [0.15, 0.2) is 0 Å². The minimum absolute atomic E-state index is 0.0166. The fraction of sp³-hybridized carbons (Fsp3) is 0.250. The van der Waals surface area contributed by atoms with Gasteiger partial charge in [0.05, 0.1) is 5.69 Å². The van der Waals surface area contributed by atoms with Crippen molar-refractivity contribution < 1.29 is 23.1 Å². The molecule has 9 nitrogen and oxygen atoms in total. The molecular weight excluding hydrogens is 477 g/mol. The summed E-state index contributed by atoms with van der Waals surface area (Å²) in [5.74, 6) is -0.0166. The Bertz CT molecular complexity index is 1500. The Morgan fingerprint density at radius 1 is 1.19 bits per heavy atom. The molecule has 0 aliphatic carbocycles. The van der Waals surface area contributed by atoms with E-state index in [4.69, 9.17) is 0 Å². The van der Waals surface area contributed by atoms with E-state index in [1.165, 1.54) is 17.3 Å². The van der Waals surface area contributed by atoms with E-state index in [1.807, 2.05) is 0 Å². The van der Waals surface area contributed by atoms with Gasteiger partial charge in [-0.15, -0.1) is 0 Å². The van der Waals surface area contributed by atoms with E-state index in [0.717, 1.165) is 6.20 Å². The number of piperidine rings is 1. The molecule has 186 valence electrons. The zero-order chi connectivity index (χ0) is 25.4. The van der Waals surface area contributed by atoms with Crippen LogP contribution in [0.15, 0.2) is 53.7 Å². The summed E-state index contributed by atoms with van der Waals surface area (Å²) < 4.78 is 41.6. The van der Waals surface area contributed by atoms with Crippen molar-refractivity contribution in [2.24, 2.45) is 0 Å². The van der Waals surface area contributed by atoms with Crippen molar-refractivity contribution in [1.29, 1.82) is 0 Å². The van der Waals surface area contributed by atoms with Crippen LogP contribution in [0.1, 0.15) is 18.4 Å². The summed E-state index contributed by atoms with van der Waals surface area (Å²) in [6, 6.07) is 8.03. The van der Waals surface area contributed by atoms with Gasteiger partial charge in [-0.1, -0.05) is 12.1 Å². The Balaban J connectivity index is 1.53. The number of aromatic nitrogens is 4. The number of halogens is 3. The van der Waals surface area contributed by atoms with Crippen LogP contribution in [0.2, 0.25) is 0 Å². The van der Waals surface area contributed by atoms with Crippen LogP contribution in [0.5, 0.6) is 0 Å². The molecule has 0 saturated carbocycles. The minimum Gasteiger partial charge on any atom is -0.465 e. The topological polar surface area (TPSA) is 127 Å². The molecule has 4 heterocycles. The molecule has 3 aromatic heterocycles. The number of rotatable bonds is 4. The van der Waals surface area contributed by atoms with Crippen LogP contribution < -0.4 is 10.9 Å². The molecule has 1 fully saturated rings. The van der Waals surface area contributed by atoms with E-state index in [0.29, 0.717) is 41.4 Å². The van der Waals surface area contributed by atoms with Crippen molar-refractivity contribution in [2.75, 3.05) is 18.4 Å². The second-order valence-electron chi connectivity index (χ2n) is 8.54. The second-order valence-corrected chi connectivity index (χ2v) is 8.54. The number of hydrogen-bond donors (Lipinski definition) is 4. The Kier molecular flexibility index (Phi) is 5.86. The predicted octanol–water partition coefficient (Wildman–Crippen LogP) is 4.55. The maximum atomic E-state index is 13.9. The molecule has 1 aliphatic heterocycles. The summed E-state index contributed by atoms with van der Waals surface area (Å²) in [4.78, 5) is 38.3. The number of nitrogens with zero attached hydrogens (tertiary/aromatic N) is 3. The number of anilines is 1. The average molecular weight is 498 g/mol. The van der Waals surface area contributed by atoms with Crippen LogP contribution in [0.25, 0.3) is 33.3 Å². The third-order valence-corrected chi connectivity index (χ3v) is 6.19. The molecule has 1 amide bonds. The first-order valence-electron chi connectivity index (χ1n) is 11.2. The molecule has 1 aliphatic rings. The summed E-state index contributed by atoms with van der Waals surface area (Å²) >= 11 is 0. The van der Waals surface area contributed by atoms with Gasteiger partial charge in [-0.2, -0.15) is 13.2 Å². The first-order chi connectivity index (χ1) is 17.2. The Labute approximate surface area is 202 Å². The maximum Gasteiger partial charge on any atom is 0.419 e. The third-order valence-electron chi connectivity index (χ3n) is 6.19. The van der Waals surface area contributed by atoms with Crippen LogP contribution in [-0.2, 0) is 6.18 Å². The zero-order valence-corrected chi connectivity index (χ0v) is 18.8. The smallest absolute Gasteiger partial charge is 0.419 e. The van der Waals surface area contributed by atoms with Gasteiger partial charge in [0.2, 0.25) is 5.95 Å². The van der Waals surface area contributed by atoms with Gasteiger partial charge in [-0.3, -0.25) is 4.79 Å². The monoisotopic (exact) mass is 498 g/mol. The predicted molar refractivity (Wildman–Crippen MR) is 127 cm³/mol. The van der Waals surface area contributed by atoms with Crippen LogP contribution in [0.3, 0.4) is 0 Å². The van der Waals surface area contributed by atoms with Gasteiger partial charge in [-0.05, 0) is 36.6 Å². The van der Waals surface area contributed by atoms with Crippen LogP contribution >= 0.6 is 0 Å². The van der Waals surface area contributed by atoms with Gasteiger partial charge >= 0.3 is 12.3 Å². The van der Waals surface area contributed by atoms with E-state index in [2.05, 4.69) is 25.3 Å². The molecule has 4 aromatic rings. The number of benzene rings is 1. The normalized spacial score (nSPS) is 16.3. The molecule has 0 bridgehead atoms. The van der Waals surface area contributed by atoms with E-state index in [-0.39, 0.29) is 35.4 Å². The summed E-state index contributed by atoms with van der Waals surface area (Å²) in [5.41, 5.74) is 0.236. The molecule has 0 radical (unpaired) electrons. The fourth-order valence-electron chi connectivity index (χ4n) is 4.45. The molecular formula is C24H21F3N6O3. The summed E-state index contributed by atoms with van der Waals surface area (Å²) in [5, 5.41) is 12.7. The highest BCUT2D eigenvalue weighted by Crippen LogP contribution is 2.39. The number of fused-ring (bicyclic) bond motifs is 1. The van der Waals surface area contributed by atoms with Crippen LogP contribution in [0, 0.1) is 0 Å². The largest absolute Gasteiger partial charge is 0.465 e. The number of nitrogens with one attached hydrogen (secondary N) is 3. The van der Waals surface area contributed by atoms with Crippen molar-refractivity contribution in [1.82, 2.24) is 24.8 Å². The highest BCUT2D eigenvalue weighted by molar-refractivity contribution is 5.97. The van der Waals surface area contributed by atoms with Gasteiger partial charge in [0.1, 0.15) is 5.56 Å². The zero-order valence-electron chi connectivity index (χ0n) is 18.8. The van der Waals surface area contributed by atoms with Crippen molar-refractivity contribution in [3.8, 4) is 22.4 Å². The van der Waals surface area contributed by atoms with Gasteiger partial charge in [-0.25, -0.2) is 14.8 Å². The molecule has 0 unspecified atom stereocenters. The molecule has 4 N–H and O–H groups in total. The Morgan fingerprint density at radius 2 is 2.03 bits per heavy atom. The lowest BCUT2D eigenvalue weighted by Crippen LogP contribution is -2.44. The first-order valence-corrected chi connectivity index (χ1v) is 11.2. The van der Waals surface area contributed by atoms with Crippen LogP contribution in [-0.4, -0.2) is 55.2 Å². The summed E-state index contributed by atoms with van der Waals surface area (Å²) in [7, 11) is 0. The standard InChI is InChI=1S/C24H21F3N6O3/c25-24(26,27)18-11-30-22(31-14-3-2-8-33(12-14)23(35)36)32-20(18)17-10-29-19-9-13(5-6-16(17)19)15-4-1-7-28-21(15)34/h1,4-7,9-11,14,29H,2-3,8,12H2,(H,28,34)(H,35,36)(H,30,31,32)/t14-/m0/s1. The molecule has 1 saturated heterocycles. The van der Waals surface area contributed by atoms with Crippen molar-refractivity contribution in [2.45, 2.75) is 25.1 Å². The molecule has 0 spiro atoms. The number of hydrogen-bond acceptors (Lipinski definition) is 5. The second kappa shape index (κ2) is 9.02. The molecule has 36 heavy (non-hydrogen) atoms. The van der Waals surface area contributed by atoms with Crippen molar-refractivity contribution >= 4 is 22.9 Å².